The highest BCUT2D eigenvalue weighted by Crippen LogP contribution is 2.31. The van der Waals surface area contributed by atoms with Crippen LogP contribution in [0.15, 0.2) is 73.0 Å². The molecule has 0 spiro atoms. The summed E-state index contributed by atoms with van der Waals surface area (Å²) in [5.74, 6) is -3.50. The number of thiazole rings is 1. The van der Waals surface area contributed by atoms with Crippen LogP contribution in [-0.4, -0.2) is 37.8 Å². The molecule has 0 saturated heterocycles. The number of hydrogen-bond donors (Lipinski definition) is 1. The largest absolute Gasteiger partial charge is 0.288 e. The topological polar surface area (TPSA) is 101 Å². The summed E-state index contributed by atoms with van der Waals surface area (Å²) in [4.78, 5) is 25.1. The number of nitrogens with zero attached hydrogens (tertiary/aromatic N) is 3. The van der Waals surface area contributed by atoms with Crippen molar-refractivity contribution in [2.24, 2.45) is 9.98 Å². The Kier molecular flexibility index (Phi) is 5.19. The maximum atomic E-state index is 15.3. The summed E-state index contributed by atoms with van der Waals surface area (Å²) in [5, 5.41) is 0.234. The molecule has 12 heteroatoms. The summed E-state index contributed by atoms with van der Waals surface area (Å²) in [6.07, 6.45) is 3.25. The molecule has 3 aromatic rings. The molecular formula is C21H11ClF2N4O3S2. The summed E-state index contributed by atoms with van der Waals surface area (Å²) in [7, 11) is -4.24. The Morgan fingerprint density at radius 2 is 1.91 bits per heavy atom. The van der Waals surface area contributed by atoms with Crippen LogP contribution in [0.1, 0.15) is 10.4 Å². The zero-order chi connectivity index (χ0) is 23.3. The molecule has 166 valence electrons. The van der Waals surface area contributed by atoms with Gasteiger partial charge in [0.15, 0.2) is 12.0 Å². The molecule has 1 atom stereocenters. The minimum absolute atomic E-state index is 0.0801. The Labute approximate surface area is 194 Å². The van der Waals surface area contributed by atoms with Crippen LogP contribution in [0.3, 0.4) is 0 Å². The number of fused-ring (bicyclic) bond motifs is 2. The number of aliphatic imine (C=N–C) groups is 2. The van der Waals surface area contributed by atoms with Crippen LogP contribution >= 0.6 is 22.9 Å². The maximum Gasteiger partial charge on any atom is 0.262 e. The molecule has 33 heavy (non-hydrogen) atoms. The van der Waals surface area contributed by atoms with Gasteiger partial charge in [0, 0.05) is 23.6 Å². The molecule has 1 aromatic heterocycles. The minimum Gasteiger partial charge on any atom is -0.288 e. The Morgan fingerprint density at radius 3 is 2.73 bits per heavy atom. The van der Waals surface area contributed by atoms with E-state index in [-0.39, 0.29) is 15.5 Å². The lowest BCUT2D eigenvalue weighted by molar-refractivity contribution is 0.103. The Hall–Kier alpha value is -3.28. The lowest BCUT2D eigenvalue weighted by Crippen LogP contribution is -2.17. The van der Waals surface area contributed by atoms with Crippen molar-refractivity contribution < 1.29 is 22.0 Å². The number of carbonyl (C=O) groups excluding carboxylic acids is 1. The normalized spacial score (nSPS) is 17.4. The van der Waals surface area contributed by atoms with Gasteiger partial charge in [-0.05, 0) is 36.4 Å². The number of allylic oxidation sites excluding steroid dienone is 2. The molecule has 7 nitrogen and oxygen atoms in total. The van der Waals surface area contributed by atoms with E-state index in [9.17, 15) is 17.6 Å². The highest BCUT2D eigenvalue weighted by Gasteiger charge is 2.31. The van der Waals surface area contributed by atoms with Crippen molar-refractivity contribution in [3.63, 3.8) is 0 Å². The number of nitrogens with one attached hydrogen (secondary N) is 1. The Morgan fingerprint density at radius 1 is 1.12 bits per heavy atom. The molecule has 2 aromatic carbocycles. The van der Waals surface area contributed by atoms with Crippen LogP contribution in [0, 0.1) is 11.6 Å². The second-order valence-electron chi connectivity index (χ2n) is 7.03. The minimum atomic E-state index is -4.24. The number of aromatic nitrogens is 1. The number of anilines is 1. The molecule has 1 N–H and O–H groups in total. The molecule has 0 amide bonds. The number of rotatable bonds is 5. The molecule has 0 saturated carbocycles. The third kappa shape index (κ3) is 3.77. The summed E-state index contributed by atoms with van der Waals surface area (Å²) in [5.41, 5.74) is 0.919. The van der Waals surface area contributed by atoms with E-state index >= 15 is 4.39 Å². The van der Waals surface area contributed by atoms with E-state index in [1.54, 1.807) is 5.51 Å². The van der Waals surface area contributed by atoms with Crippen LogP contribution in [0.5, 0.6) is 0 Å². The first kappa shape index (κ1) is 21.6. The molecule has 2 aliphatic heterocycles. The van der Waals surface area contributed by atoms with Crippen molar-refractivity contribution in [2.75, 3.05) is 4.72 Å². The van der Waals surface area contributed by atoms with E-state index in [1.165, 1.54) is 48.0 Å². The van der Waals surface area contributed by atoms with Crippen LogP contribution in [0.2, 0.25) is 0 Å². The monoisotopic (exact) mass is 504 g/mol. The average Bonchev–Trinajstić information content (AvgIpc) is 3.41. The average molecular weight is 505 g/mol. The van der Waals surface area contributed by atoms with E-state index in [2.05, 4.69) is 19.7 Å². The highest BCUT2D eigenvalue weighted by molar-refractivity contribution is 7.92. The first-order chi connectivity index (χ1) is 15.7. The van der Waals surface area contributed by atoms with Crippen molar-refractivity contribution in [1.29, 1.82) is 0 Å². The van der Waals surface area contributed by atoms with Crippen molar-refractivity contribution in [2.45, 2.75) is 11.1 Å². The predicted molar refractivity (Wildman–Crippen MR) is 123 cm³/mol. The zero-order valence-corrected chi connectivity index (χ0v) is 18.7. The van der Waals surface area contributed by atoms with Gasteiger partial charge in [0.25, 0.3) is 10.0 Å². The summed E-state index contributed by atoms with van der Waals surface area (Å²) < 4.78 is 58.2. The van der Waals surface area contributed by atoms with Gasteiger partial charge in [-0.25, -0.2) is 22.2 Å². The molecule has 3 heterocycles. The van der Waals surface area contributed by atoms with Crippen molar-refractivity contribution in [1.82, 2.24) is 4.98 Å². The highest BCUT2D eigenvalue weighted by atomic mass is 35.5. The Balaban J connectivity index is 1.53. The van der Waals surface area contributed by atoms with Crippen molar-refractivity contribution in [3.05, 3.63) is 75.3 Å². The first-order valence-electron chi connectivity index (χ1n) is 9.31. The molecular weight excluding hydrogens is 494 g/mol. The number of Topliss-reactive ketones (excluding diaryl/α,β-unsaturated/α-hetero) is 1. The van der Waals surface area contributed by atoms with E-state index in [0.717, 1.165) is 12.1 Å². The summed E-state index contributed by atoms with van der Waals surface area (Å²) >= 11 is 7.18. The molecule has 5 rings (SSSR count). The van der Waals surface area contributed by atoms with Gasteiger partial charge in [-0.3, -0.25) is 19.5 Å². The number of carbonyl (C=O) groups is 1. The van der Waals surface area contributed by atoms with Crippen LogP contribution < -0.4 is 4.72 Å². The fourth-order valence-electron chi connectivity index (χ4n) is 3.41. The van der Waals surface area contributed by atoms with Gasteiger partial charge in [0.2, 0.25) is 5.78 Å². The van der Waals surface area contributed by atoms with Crippen LogP contribution in [-0.2, 0) is 10.0 Å². The second-order valence-corrected chi connectivity index (χ2v) is 10.0. The van der Waals surface area contributed by atoms with Crippen LogP contribution in [0.25, 0.3) is 10.2 Å². The van der Waals surface area contributed by atoms with E-state index in [4.69, 9.17) is 11.6 Å². The zero-order valence-electron chi connectivity index (χ0n) is 16.3. The predicted octanol–water partition coefficient (Wildman–Crippen LogP) is 4.47. The quantitative estimate of drug-likeness (QED) is 0.518. The summed E-state index contributed by atoms with van der Waals surface area (Å²) in [6.45, 7) is 0. The molecule has 0 aliphatic carbocycles. The second kappa shape index (κ2) is 7.94. The van der Waals surface area contributed by atoms with Gasteiger partial charge in [0.05, 0.1) is 36.9 Å². The van der Waals surface area contributed by atoms with Crippen molar-refractivity contribution >= 4 is 67.1 Å². The lowest BCUT2D eigenvalue weighted by atomic mass is 9.97. The van der Waals surface area contributed by atoms with Gasteiger partial charge in [-0.2, -0.15) is 0 Å². The van der Waals surface area contributed by atoms with E-state index in [1.807, 2.05) is 0 Å². The third-order valence-electron chi connectivity index (χ3n) is 4.99. The number of ketones is 1. The lowest BCUT2D eigenvalue weighted by Gasteiger charge is -2.13. The molecule has 2 aliphatic rings. The fraction of sp³-hybridized carbons (Fsp3) is 0.0476. The molecule has 0 radical (unpaired) electrons. The standard InChI is InChI=1S/C21H11ClF2N4O3S2/c22-10-5-12-13(8-26-21(12)25-7-10)20(29)18-14(23)2-4-16(19(18)24)28-33(30,31)11-1-3-15-17(6-11)32-9-27-15/h1-9,21,28H. The molecule has 0 bridgehead atoms. The van der Waals surface area contributed by atoms with Crippen LogP contribution in [0.4, 0.5) is 14.5 Å². The van der Waals surface area contributed by atoms with Gasteiger partial charge < -0.3 is 0 Å². The van der Waals surface area contributed by atoms with Gasteiger partial charge >= 0.3 is 0 Å². The Bertz CT molecular complexity index is 1580. The SMILES string of the molecule is O=C(C1=C2C=C(Cl)C=NC2N=C1)c1c(F)ccc(NS(=O)(=O)c2ccc3ncsc3c2)c1F. The number of dihydropyridines is 1. The molecule has 1 unspecified atom stereocenters. The first-order valence-corrected chi connectivity index (χ1v) is 12.0. The number of hydrogen-bond acceptors (Lipinski definition) is 7. The van der Waals surface area contributed by atoms with Gasteiger partial charge in [-0.15, -0.1) is 11.3 Å². The van der Waals surface area contributed by atoms with Crippen molar-refractivity contribution in [3.8, 4) is 0 Å². The number of sulfonamides is 1. The third-order valence-corrected chi connectivity index (χ3v) is 7.35. The number of halogens is 3. The fourth-order valence-corrected chi connectivity index (χ4v) is 5.46. The number of benzene rings is 2. The van der Waals surface area contributed by atoms with E-state index in [0.29, 0.717) is 15.8 Å². The van der Waals surface area contributed by atoms with Gasteiger partial charge in [0.1, 0.15) is 5.82 Å². The summed E-state index contributed by atoms with van der Waals surface area (Å²) in [6, 6.07) is 5.96. The maximum absolute atomic E-state index is 15.3. The molecule has 0 fully saturated rings. The smallest absolute Gasteiger partial charge is 0.262 e. The van der Waals surface area contributed by atoms with Gasteiger partial charge in [-0.1, -0.05) is 11.6 Å². The van der Waals surface area contributed by atoms with E-state index < -0.39 is 44.9 Å².